The molecule has 0 aromatic carbocycles. The summed E-state index contributed by atoms with van der Waals surface area (Å²) in [5.74, 6) is 1.85. The molecule has 0 unspecified atom stereocenters. The molecule has 1 saturated heterocycles. The van der Waals surface area contributed by atoms with Crippen molar-refractivity contribution < 1.29 is 14.3 Å². The number of carbonyl (C=O) groups is 1. The number of hydrogen-bond acceptors (Lipinski definition) is 6. The average molecular weight is 322 g/mol. The van der Waals surface area contributed by atoms with E-state index in [4.69, 9.17) is 9.47 Å². The number of hydrogen-bond donors (Lipinski definition) is 0. The van der Waals surface area contributed by atoms with Crippen LogP contribution in [-0.4, -0.2) is 67.3 Å². The summed E-state index contributed by atoms with van der Waals surface area (Å²) >= 11 is 0. The van der Waals surface area contributed by atoms with Crippen molar-refractivity contribution in [1.29, 1.82) is 0 Å². The number of anilines is 1. The third kappa shape index (κ3) is 5.35. The molecule has 0 aliphatic carbocycles. The Morgan fingerprint density at radius 1 is 1.30 bits per heavy atom. The van der Waals surface area contributed by atoms with Gasteiger partial charge in [0.1, 0.15) is 0 Å². The Labute approximate surface area is 137 Å². The van der Waals surface area contributed by atoms with Crippen LogP contribution < -0.4 is 9.64 Å². The summed E-state index contributed by atoms with van der Waals surface area (Å²) in [5.41, 5.74) is 0. The van der Waals surface area contributed by atoms with Gasteiger partial charge in [0, 0.05) is 45.0 Å². The number of piperazine rings is 1. The molecular formula is C16H26N4O3. The number of nitrogens with zero attached hydrogens (tertiary/aromatic N) is 4. The van der Waals surface area contributed by atoms with E-state index in [1.165, 1.54) is 0 Å². The largest absolute Gasteiger partial charge is 0.481 e. The fraction of sp³-hybridized carbons (Fsp3) is 0.688. The summed E-state index contributed by atoms with van der Waals surface area (Å²) < 4.78 is 10.6. The molecule has 0 spiro atoms. The van der Waals surface area contributed by atoms with Gasteiger partial charge in [-0.05, 0) is 5.92 Å². The number of rotatable bonds is 7. The first-order valence-corrected chi connectivity index (χ1v) is 8.07. The smallest absolute Gasteiger partial charge is 0.228 e. The predicted octanol–water partition coefficient (Wildman–Crippen LogP) is 1.20. The number of aromatic nitrogens is 2. The molecule has 1 fully saturated rings. The average Bonchev–Trinajstić information content (AvgIpc) is 2.58. The Kier molecular flexibility index (Phi) is 6.58. The van der Waals surface area contributed by atoms with Crippen molar-refractivity contribution in [2.75, 3.05) is 51.4 Å². The molecule has 0 atom stereocenters. The van der Waals surface area contributed by atoms with Crippen LogP contribution >= 0.6 is 0 Å². The molecule has 0 radical (unpaired) electrons. The molecule has 128 valence electrons. The van der Waals surface area contributed by atoms with E-state index >= 15 is 0 Å². The van der Waals surface area contributed by atoms with Crippen molar-refractivity contribution >= 4 is 11.9 Å². The van der Waals surface area contributed by atoms with Crippen LogP contribution in [0, 0.1) is 5.92 Å². The molecule has 1 aliphatic heterocycles. The molecule has 7 heteroatoms. The second-order valence-electron chi connectivity index (χ2n) is 5.99. The zero-order valence-corrected chi connectivity index (χ0v) is 14.2. The third-order valence-electron chi connectivity index (χ3n) is 3.65. The molecule has 1 amide bonds. The predicted molar refractivity (Wildman–Crippen MR) is 87.7 cm³/mol. The Balaban J connectivity index is 1.75. The first-order valence-electron chi connectivity index (χ1n) is 8.07. The van der Waals surface area contributed by atoms with E-state index in [0.29, 0.717) is 50.5 Å². The summed E-state index contributed by atoms with van der Waals surface area (Å²) in [6, 6.07) is 1.72. The Bertz CT molecular complexity index is 502. The number of carbonyl (C=O) groups excluding carboxylic acids is 1. The van der Waals surface area contributed by atoms with Crippen molar-refractivity contribution in [3.05, 3.63) is 12.3 Å². The van der Waals surface area contributed by atoms with Crippen LogP contribution in [-0.2, 0) is 9.53 Å². The fourth-order valence-electron chi connectivity index (χ4n) is 2.39. The quantitative estimate of drug-likeness (QED) is 0.703. The van der Waals surface area contributed by atoms with Gasteiger partial charge in [-0.25, -0.2) is 4.98 Å². The minimum Gasteiger partial charge on any atom is -0.481 e. The first kappa shape index (κ1) is 17.5. The monoisotopic (exact) mass is 322 g/mol. The second kappa shape index (κ2) is 8.67. The molecule has 1 aliphatic rings. The van der Waals surface area contributed by atoms with Gasteiger partial charge in [0.05, 0.1) is 20.1 Å². The lowest BCUT2D eigenvalue weighted by Crippen LogP contribution is -2.49. The van der Waals surface area contributed by atoms with E-state index < -0.39 is 0 Å². The van der Waals surface area contributed by atoms with Gasteiger partial charge in [-0.15, -0.1) is 0 Å². The number of ether oxygens (including phenoxy) is 2. The van der Waals surface area contributed by atoms with Crippen molar-refractivity contribution in [3.8, 4) is 5.88 Å². The van der Waals surface area contributed by atoms with Crippen LogP contribution in [0.25, 0.3) is 0 Å². The molecule has 0 saturated carbocycles. The minimum absolute atomic E-state index is 0.153. The van der Waals surface area contributed by atoms with Crippen LogP contribution in [0.1, 0.15) is 20.3 Å². The molecule has 0 N–H and O–H groups in total. The zero-order chi connectivity index (χ0) is 16.7. The van der Waals surface area contributed by atoms with Gasteiger partial charge in [-0.3, -0.25) is 4.79 Å². The van der Waals surface area contributed by atoms with Gasteiger partial charge < -0.3 is 19.3 Å². The maximum Gasteiger partial charge on any atom is 0.228 e. The second-order valence-corrected chi connectivity index (χ2v) is 5.99. The summed E-state index contributed by atoms with van der Waals surface area (Å²) in [5, 5.41) is 0. The van der Waals surface area contributed by atoms with Gasteiger partial charge >= 0.3 is 0 Å². The van der Waals surface area contributed by atoms with Crippen LogP contribution in [0.15, 0.2) is 12.3 Å². The van der Waals surface area contributed by atoms with Crippen LogP contribution in [0.3, 0.4) is 0 Å². The lowest BCUT2D eigenvalue weighted by atomic mass is 10.2. The van der Waals surface area contributed by atoms with Gasteiger partial charge in [0.2, 0.25) is 17.7 Å². The highest BCUT2D eigenvalue weighted by atomic mass is 16.5. The van der Waals surface area contributed by atoms with Crippen LogP contribution in [0.5, 0.6) is 5.88 Å². The summed E-state index contributed by atoms with van der Waals surface area (Å²) in [6.07, 6.45) is 2.13. The number of amides is 1. The molecule has 0 bridgehead atoms. The van der Waals surface area contributed by atoms with Crippen molar-refractivity contribution in [3.63, 3.8) is 0 Å². The van der Waals surface area contributed by atoms with Crippen molar-refractivity contribution in [2.45, 2.75) is 20.3 Å². The van der Waals surface area contributed by atoms with Crippen LogP contribution in [0.4, 0.5) is 5.95 Å². The normalized spacial score (nSPS) is 15.1. The fourth-order valence-corrected chi connectivity index (χ4v) is 2.39. The maximum atomic E-state index is 12.2. The van der Waals surface area contributed by atoms with Gasteiger partial charge in [-0.2, -0.15) is 4.98 Å². The molecule has 2 rings (SSSR count). The van der Waals surface area contributed by atoms with E-state index in [2.05, 4.69) is 28.7 Å². The van der Waals surface area contributed by atoms with E-state index in [9.17, 15) is 4.79 Å². The molecule has 7 nitrogen and oxygen atoms in total. The summed E-state index contributed by atoms with van der Waals surface area (Å²) in [6.45, 7) is 8.22. The lowest BCUT2D eigenvalue weighted by molar-refractivity contribution is -0.132. The Morgan fingerprint density at radius 3 is 2.70 bits per heavy atom. The maximum absolute atomic E-state index is 12.2. The molecule has 2 heterocycles. The van der Waals surface area contributed by atoms with E-state index in [1.54, 1.807) is 19.4 Å². The SMILES string of the molecule is COc1ccnc(N2CCN(C(=O)CCOCC(C)C)CC2)n1. The van der Waals surface area contributed by atoms with Gasteiger partial charge in [0.25, 0.3) is 0 Å². The Hall–Kier alpha value is -1.89. The molecule has 1 aromatic rings. The third-order valence-corrected chi connectivity index (χ3v) is 3.65. The van der Waals surface area contributed by atoms with Crippen LogP contribution in [0.2, 0.25) is 0 Å². The summed E-state index contributed by atoms with van der Waals surface area (Å²) in [7, 11) is 1.59. The highest BCUT2D eigenvalue weighted by molar-refractivity contribution is 5.76. The first-order chi connectivity index (χ1) is 11.1. The topological polar surface area (TPSA) is 67.8 Å². The van der Waals surface area contributed by atoms with Crippen molar-refractivity contribution in [1.82, 2.24) is 14.9 Å². The van der Waals surface area contributed by atoms with Crippen molar-refractivity contribution in [2.24, 2.45) is 5.92 Å². The lowest BCUT2D eigenvalue weighted by Gasteiger charge is -2.34. The highest BCUT2D eigenvalue weighted by Crippen LogP contribution is 2.14. The molecule has 23 heavy (non-hydrogen) atoms. The van der Waals surface area contributed by atoms with E-state index in [-0.39, 0.29) is 5.91 Å². The summed E-state index contributed by atoms with van der Waals surface area (Å²) in [4.78, 5) is 24.7. The zero-order valence-electron chi connectivity index (χ0n) is 14.2. The standard InChI is InChI=1S/C16H26N4O3/c1-13(2)12-23-11-5-15(21)19-7-9-20(10-8-19)16-17-6-4-14(18-16)22-3/h4,6,13H,5,7-12H2,1-3H3. The molecule has 1 aromatic heterocycles. The Morgan fingerprint density at radius 2 is 2.04 bits per heavy atom. The molecular weight excluding hydrogens is 296 g/mol. The van der Waals surface area contributed by atoms with E-state index in [0.717, 1.165) is 13.1 Å². The van der Waals surface area contributed by atoms with Gasteiger partial charge in [-0.1, -0.05) is 13.8 Å². The minimum atomic E-state index is 0.153. The number of methoxy groups -OCH3 is 1. The van der Waals surface area contributed by atoms with E-state index in [1.807, 2.05) is 4.90 Å². The van der Waals surface area contributed by atoms with Gasteiger partial charge in [0.15, 0.2) is 0 Å². The highest BCUT2D eigenvalue weighted by Gasteiger charge is 2.22.